The zero-order chi connectivity index (χ0) is 30.9. The van der Waals surface area contributed by atoms with E-state index < -0.39 is 18.0 Å². The lowest BCUT2D eigenvalue weighted by Gasteiger charge is -2.21. The molecule has 5 aromatic rings. The summed E-state index contributed by atoms with van der Waals surface area (Å²) >= 11 is 1.60. The molecule has 1 atom stereocenters. The predicted octanol–water partition coefficient (Wildman–Crippen LogP) is 7.46. The minimum absolute atomic E-state index is 0.295. The first-order chi connectivity index (χ1) is 21.4. The fourth-order valence-electron chi connectivity index (χ4n) is 4.77. The second-order valence-electron chi connectivity index (χ2n) is 10.4. The minimum atomic E-state index is -0.502. The molecule has 224 valence electrons. The zero-order valence-corrected chi connectivity index (χ0v) is 25.8. The van der Waals surface area contributed by atoms with Gasteiger partial charge in [-0.2, -0.15) is 0 Å². The van der Waals surface area contributed by atoms with Crippen molar-refractivity contribution >= 4 is 29.4 Å². The molecule has 0 spiro atoms. The smallest absolute Gasteiger partial charge is 0.338 e. The lowest BCUT2D eigenvalue weighted by atomic mass is 10.1. The van der Waals surface area contributed by atoms with Gasteiger partial charge in [0.1, 0.15) is 0 Å². The number of nitrogens with one attached hydrogen (secondary N) is 2. The third kappa shape index (κ3) is 7.93. The molecule has 2 N–H and O–H groups in total. The predicted molar refractivity (Wildman–Crippen MR) is 174 cm³/mol. The largest absolute Gasteiger partial charge is 0.462 e. The summed E-state index contributed by atoms with van der Waals surface area (Å²) in [7, 11) is 0. The third-order valence-electron chi connectivity index (χ3n) is 6.95. The van der Waals surface area contributed by atoms with Crippen molar-refractivity contribution in [1.82, 2.24) is 20.1 Å². The van der Waals surface area contributed by atoms with Crippen LogP contribution in [0, 0.1) is 13.8 Å². The Bertz CT molecular complexity index is 1700. The SMILES string of the molecule is CCOC(=O)c1ccc(NC(=O)N[C@H](Cc2ccccc2)c2nnc(SCc3cccc(C)c3)n2-c2ccc(C)cc2)cc1. The van der Waals surface area contributed by atoms with E-state index in [4.69, 9.17) is 4.74 Å². The molecule has 0 saturated carbocycles. The van der Waals surface area contributed by atoms with Crippen LogP contribution in [0.2, 0.25) is 0 Å². The molecule has 2 amide bonds. The van der Waals surface area contributed by atoms with Crippen LogP contribution in [0.1, 0.15) is 51.4 Å². The van der Waals surface area contributed by atoms with E-state index >= 15 is 0 Å². The number of esters is 1. The fourth-order valence-corrected chi connectivity index (χ4v) is 5.67. The van der Waals surface area contributed by atoms with Crippen molar-refractivity contribution in [3.05, 3.63) is 137 Å². The molecule has 8 nitrogen and oxygen atoms in total. The maximum atomic E-state index is 13.4. The molecule has 0 aliphatic rings. The van der Waals surface area contributed by atoms with Gasteiger partial charge in [0.15, 0.2) is 11.0 Å². The number of carbonyl (C=O) groups is 2. The van der Waals surface area contributed by atoms with E-state index in [1.165, 1.54) is 11.1 Å². The van der Waals surface area contributed by atoms with Gasteiger partial charge >= 0.3 is 12.0 Å². The van der Waals surface area contributed by atoms with Crippen molar-refractivity contribution in [3.8, 4) is 5.69 Å². The van der Waals surface area contributed by atoms with E-state index in [2.05, 4.69) is 64.2 Å². The second kappa shape index (κ2) is 14.5. The van der Waals surface area contributed by atoms with Crippen LogP contribution in [0.15, 0.2) is 108 Å². The molecule has 5 rings (SSSR count). The number of hydrogen-bond donors (Lipinski definition) is 2. The van der Waals surface area contributed by atoms with E-state index in [-0.39, 0.29) is 0 Å². The fraction of sp³-hybridized carbons (Fsp3) is 0.200. The molecule has 0 unspecified atom stereocenters. The van der Waals surface area contributed by atoms with Crippen LogP contribution < -0.4 is 10.6 Å². The highest BCUT2D eigenvalue weighted by Gasteiger charge is 2.25. The summed E-state index contributed by atoms with van der Waals surface area (Å²) < 4.78 is 7.08. The maximum absolute atomic E-state index is 13.4. The Labute approximate surface area is 261 Å². The van der Waals surface area contributed by atoms with E-state index in [0.29, 0.717) is 30.1 Å². The first-order valence-corrected chi connectivity index (χ1v) is 15.5. The summed E-state index contributed by atoms with van der Waals surface area (Å²) in [6.07, 6.45) is 0.503. The van der Waals surface area contributed by atoms with E-state index in [9.17, 15) is 9.59 Å². The summed E-state index contributed by atoms with van der Waals surface area (Å²) in [6.45, 7) is 6.19. The molecule has 1 heterocycles. The summed E-state index contributed by atoms with van der Waals surface area (Å²) in [6, 6.07) is 32.3. The van der Waals surface area contributed by atoms with Gasteiger partial charge < -0.3 is 15.4 Å². The van der Waals surface area contributed by atoms with Crippen LogP contribution in [0.5, 0.6) is 0 Å². The van der Waals surface area contributed by atoms with Gasteiger partial charge in [-0.15, -0.1) is 10.2 Å². The molecule has 0 radical (unpaired) electrons. The average Bonchev–Trinajstić information content (AvgIpc) is 3.45. The highest BCUT2D eigenvalue weighted by Crippen LogP contribution is 2.29. The topological polar surface area (TPSA) is 98.1 Å². The first kappa shape index (κ1) is 30.6. The number of rotatable bonds is 11. The number of thioether (sulfide) groups is 1. The second-order valence-corrected chi connectivity index (χ2v) is 11.4. The molecule has 0 aliphatic carbocycles. The lowest BCUT2D eigenvalue weighted by Crippen LogP contribution is -2.35. The molecular weight excluding hydrogens is 570 g/mol. The maximum Gasteiger partial charge on any atom is 0.338 e. The number of benzene rings is 4. The number of urea groups is 1. The van der Waals surface area contributed by atoms with Gasteiger partial charge in [-0.05, 0) is 68.3 Å². The molecule has 0 aliphatic heterocycles. The van der Waals surface area contributed by atoms with Gasteiger partial charge in [-0.25, -0.2) is 9.59 Å². The number of amides is 2. The average molecular weight is 606 g/mol. The van der Waals surface area contributed by atoms with Gasteiger partial charge in [-0.3, -0.25) is 4.57 Å². The Kier molecular flexibility index (Phi) is 10.1. The van der Waals surface area contributed by atoms with Crippen LogP contribution in [0.3, 0.4) is 0 Å². The number of hydrogen-bond acceptors (Lipinski definition) is 6. The summed E-state index contributed by atoms with van der Waals surface area (Å²) in [4.78, 5) is 25.4. The van der Waals surface area contributed by atoms with Crippen LogP contribution in [0.4, 0.5) is 10.5 Å². The van der Waals surface area contributed by atoms with Crippen molar-refractivity contribution in [3.63, 3.8) is 0 Å². The van der Waals surface area contributed by atoms with E-state index in [1.807, 2.05) is 54.0 Å². The van der Waals surface area contributed by atoms with Crippen molar-refractivity contribution in [2.75, 3.05) is 11.9 Å². The Morgan fingerprint density at radius 1 is 0.841 bits per heavy atom. The summed E-state index contributed by atoms with van der Waals surface area (Å²) in [5.41, 5.74) is 6.47. The minimum Gasteiger partial charge on any atom is -0.462 e. The van der Waals surface area contributed by atoms with Crippen molar-refractivity contribution in [2.45, 2.75) is 44.1 Å². The van der Waals surface area contributed by atoms with Crippen molar-refractivity contribution in [1.29, 1.82) is 0 Å². The Morgan fingerprint density at radius 3 is 2.27 bits per heavy atom. The van der Waals surface area contributed by atoms with Crippen LogP contribution in [-0.2, 0) is 16.9 Å². The number of aryl methyl sites for hydroxylation is 2. The van der Waals surface area contributed by atoms with Crippen LogP contribution in [-0.4, -0.2) is 33.4 Å². The molecular formula is C35H35N5O3S. The molecule has 0 fully saturated rings. The highest BCUT2D eigenvalue weighted by atomic mass is 32.2. The Hall–Kier alpha value is -4.89. The zero-order valence-electron chi connectivity index (χ0n) is 25.0. The number of aromatic nitrogens is 3. The van der Waals surface area contributed by atoms with Gasteiger partial charge in [0.2, 0.25) is 0 Å². The number of carbonyl (C=O) groups excluding carboxylic acids is 2. The van der Waals surface area contributed by atoms with E-state index in [1.54, 1.807) is 43.0 Å². The normalized spacial score (nSPS) is 11.5. The Morgan fingerprint density at radius 2 is 1.57 bits per heavy atom. The van der Waals surface area contributed by atoms with Crippen molar-refractivity contribution in [2.24, 2.45) is 0 Å². The molecule has 1 aromatic heterocycles. The number of ether oxygens (including phenoxy) is 1. The standard InChI is InChI=1S/C35H35N5O3S/c1-4-43-33(41)28-15-17-29(18-16-28)36-34(42)37-31(22-26-10-6-5-7-11-26)32-38-39-35(40(32)30-19-13-24(2)14-20-30)44-23-27-12-8-9-25(3)21-27/h5-21,31H,4,22-23H2,1-3H3,(H2,36,37,42)/t31-/m1/s1. The van der Waals surface area contributed by atoms with Gasteiger partial charge in [0.05, 0.1) is 18.2 Å². The van der Waals surface area contributed by atoms with Crippen LogP contribution in [0.25, 0.3) is 5.69 Å². The monoisotopic (exact) mass is 605 g/mol. The quantitative estimate of drug-likeness (QED) is 0.120. The number of nitrogens with zero attached hydrogens (tertiary/aromatic N) is 3. The third-order valence-corrected chi connectivity index (χ3v) is 7.95. The summed E-state index contributed by atoms with van der Waals surface area (Å²) in [5, 5.41) is 16.0. The van der Waals surface area contributed by atoms with Gasteiger partial charge in [0, 0.05) is 23.5 Å². The Balaban J connectivity index is 1.44. The first-order valence-electron chi connectivity index (χ1n) is 14.5. The molecule has 0 bridgehead atoms. The van der Waals surface area contributed by atoms with E-state index in [0.717, 1.165) is 27.7 Å². The highest BCUT2D eigenvalue weighted by molar-refractivity contribution is 7.98. The van der Waals surface area contributed by atoms with Crippen LogP contribution >= 0.6 is 11.8 Å². The number of anilines is 1. The lowest BCUT2D eigenvalue weighted by molar-refractivity contribution is 0.0526. The summed E-state index contributed by atoms with van der Waals surface area (Å²) in [5.74, 6) is 0.945. The van der Waals surface area contributed by atoms with Gasteiger partial charge in [-0.1, -0.05) is 89.6 Å². The molecule has 4 aromatic carbocycles. The molecule has 9 heteroatoms. The molecule has 44 heavy (non-hydrogen) atoms. The molecule has 0 saturated heterocycles. The van der Waals surface area contributed by atoms with Crippen molar-refractivity contribution < 1.29 is 14.3 Å². The van der Waals surface area contributed by atoms with Gasteiger partial charge in [0.25, 0.3) is 0 Å².